The predicted molar refractivity (Wildman–Crippen MR) is 182 cm³/mol. The maximum Gasteiger partial charge on any atom is 0.303 e. The molecule has 2 heterocycles. The van der Waals surface area contributed by atoms with Crippen LogP contribution in [0.4, 0.5) is 0 Å². The molecule has 0 bridgehead atoms. The minimum absolute atomic E-state index is 0.0482. The number of phenols is 2. The molecule has 6 atom stereocenters. The summed E-state index contributed by atoms with van der Waals surface area (Å²) in [6.07, 6.45) is -2.93. The van der Waals surface area contributed by atoms with Crippen molar-refractivity contribution in [2.75, 3.05) is 13.2 Å². The second-order valence-electron chi connectivity index (χ2n) is 13.9. The summed E-state index contributed by atoms with van der Waals surface area (Å²) in [6, 6.07) is 4.89. The van der Waals surface area contributed by atoms with Crippen LogP contribution in [-0.2, 0) is 38.1 Å². The zero-order valence-electron chi connectivity index (χ0n) is 30.1. The van der Waals surface area contributed by atoms with Crippen LogP contribution in [0.2, 0.25) is 0 Å². The fraction of sp³-hybridized carbons (Fsp3) is 0.421. The lowest BCUT2D eigenvalue weighted by Gasteiger charge is -2.49. The van der Waals surface area contributed by atoms with Crippen LogP contribution in [0, 0.1) is 11.8 Å². The Bertz CT molecular complexity index is 1950. The van der Waals surface area contributed by atoms with Crippen LogP contribution < -0.4 is 9.47 Å². The summed E-state index contributed by atoms with van der Waals surface area (Å²) in [4.78, 5) is 78.1. The van der Waals surface area contributed by atoms with Gasteiger partial charge in [0.1, 0.15) is 58.9 Å². The van der Waals surface area contributed by atoms with E-state index in [0.717, 1.165) is 39.8 Å². The topological polar surface area (TPSA) is 239 Å². The molecule has 0 saturated heterocycles. The summed E-state index contributed by atoms with van der Waals surface area (Å²) in [7, 11) is 0. The van der Waals surface area contributed by atoms with E-state index in [0.29, 0.717) is 0 Å². The van der Waals surface area contributed by atoms with E-state index in [1.54, 1.807) is 13.8 Å². The fourth-order valence-corrected chi connectivity index (χ4v) is 7.98. The van der Waals surface area contributed by atoms with Gasteiger partial charge in [0, 0.05) is 63.5 Å². The number of rotatable bonds is 7. The number of fused-ring (bicyclic) bond motifs is 4. The third-order valence-corrected chi connectivity index (χ3v) is 10.0. The van der Waals surface area contributed by atoms with Gasteiger partial charge >= 0.3 is 23.9 Å². The second-order valence-corrected chi connectivity index (χ2v) is 13.9. The van der Waals surface area contributed by atoms with Crippen molar-refractivity contribution >= 4 is 35.4 Å². The zero-order valence-corrected chi connectivity index (χ0v) is 30.1. The number of phenolic OH excluding ortho intramolecular Hbond substituents is 2. The highest BCUT2D eigenvalue weighted by Crippen LogP contribution is 2.57. The van der Waals surface area contributed by atoms with Crippen LogP contribution in [0.3, 0.4) is 0 Å². The number of benzene rings is 2. The second kappa shape index (κ2) is 13.4. The average Bonchev–Trinajstić information content (AvgIpc) is 3.06. The van der Waals surface area contributed by atoms with Gasteiger partial charge < -0.3 is 48.8 Å². The molecule has 0 unspecified atom stereocenters. The van der Waals surface area contributed by atoms with Crippen LogP contribution in [0.5, 0.6) is 23.0 Å². The molecule has 0 spiro atoms. The highest BCUT2D eigenvalue weighted by Gasteiger charge is 2.62. The molecule has 16 nitrogen and oxygen atoms in total. The first-order chi connectivity index (χ1) is 25.3. The Morgan fingerprint density at radius 2 is 0.981 bits per heavy atom. The molecule has 0 fully saturated rings. The van der Waals surface area contributed by atoms with E-state index < -0.39 is 129 Å². The van der Waals surface area contributed by atoms with E-state index in [9.17, 15) is 49.2 Å². The van der Waals surface area contributed by atoms with Gasteiger partial charge in [-0.1, -0.05) is 13.8 Å². The van der Waals surface area contributed by atoms with Crippen molar-refractivity contribution in [3.63, 3.8) is 0 Å². The first-order valence-electron chi connectivity index (χ1n) is 17.0. The lowest BCUT2D eigenvalue weighted by atomic mass is 9.69. The summed E-state index contributed by atoms with van der Waals surface area (Å²) >= 11 is 0. The Hall–Kier alpha value is -6.06. The molecule has 2 aliphatic heterocycles. The highest BCUT2D eigenvalue weighted by atomic mass is 16.6. The van der Waals surface area contributed by atoms with Crippen LogP contribution in [-0.4, -0.2) is 92.5 Å². The van der Waals surface area contributed by atoms with Crippen molar-refractivity contribution in [3.05, 3.63) is 58.1 Å². The van der Waals surface area contributed by atoms with Gasteiger partial charge in [-0.15, -0.1) is 0 Å². The molecule has 286 valence electrons. The largest absolute Gasteiger partial charge is 0.512 e. The maximum absolute atomic E-state index is 14.5. The number of ketones is 2. The number of allylic oxidation sites excluding steroid dienone is 2. The minimum Gasteiger partial charge on any atom is -0.512 e. The maximum atomic E-state index is 14.5. The first kappa shape index (κ1) is 37.7. The Morgan fingerprint density at radius 1 is 0.630 bits per heavy atom. The fourth-order valence-electron chi connectivity index (χ4n) is 7.98. The Labute approximate surface area is 307 Å². The number of hydrogen-bond acceptors (Lipinski definition) is 16. The summed E-state index contributed by atoms with van der Waals surface area (Å²) in [5.74, 6) is -9.28. The standard InChI is InChI=1S/C38H38O16/c1-15-11-25(45)29-31(47)27-23(43)9-7-21(33(27)53-37(29,13-49-17(3)39)35(15)51-19(5)41)22-8-10-24(44)28-32(48)30-26(46)12-16(2)36(52-20(6)42)38(30,54-34(22)28)14-50-18(4)40/h7-10,15-16,35-36,43-46H,11-14H2,1-6H3/t15-,16-,35-,36-,37+,38+/m1/s1. The van der Waals surface area contributed by atoms with Gasteiger partial charge in [-0.25, -0.2) is 0 Å². The molecule has 4 N–H and O–H groups in total. The van der Waals surface area contributed by atoms with Gasteiger partial charge in [-0.3, -0.25) is 28.8 Å². The van der Waals surface area contributed by atoms with E-state index in [-0.39, 0.29) is 35.5 Å². The van der Waals surface area contributed by atoms with E-state index in [1.165, 1.54) is 12.1 Å². The van der Waals surface area contributed by atoms with Gasteiger partial charge in [-0.05, 0) is 24.3 Å². The van der Waals surface area contributed by atoms with Gasteiger partial charge in [-0.2, -0.15) is 0 Å². The summed E-state index contributed by atoms with van der Waals surface area (Å²) in [5.41, 5.74) is -6.15. The molecule has 0 aromatic heterocycles. The number of aromatic hydroxyl groups is 2. The van der Waals surface area contributed by atoms with Crippen LogP contribution >= 0.6 is 0 Å². The number of hydrogen-bond donors (Lipinski definition) is 4. The zero-order chi connectivity index (χ0) is 39.6. The third-order valence-electron chi connectivity index (χ3n) is 10.0. The van der Waals surface area contributed by atoms with Gasteiger partial charge in [0.2, 0.25) is 22.8 Å². The normalized spacial score (nSPS) is 26.9. The Balaban J connectivity index is 1.65. The van der Waals surface area contributed by atoms with Gasteiger partial charge in [0.15, 0.2) is 12.2 Å². The number of carbonyl (C=O) groups is 6. The molecule has 54 heavy (non-hydrogen) atoms. The lowest BCUT2D eigenvalue weighted by molar-refractivity contribution is -0.175. The van der Waals surface area contributed by atoms with E-state index in [2.05, 4.69) is 0 Å². The predicted octanol–water partition coefficient (Wildman–Crippen LogP) is 4.09. The number of ether oxygens (including phenoxy) is 6. The Kier molecular flexibility index (Phi) is 9.36. The molecular formula is C38H38O16. The van der Waals surface area contributed by atoms with Gasteiger partial charge in [0.25, 0.3) is 0 Å². The molecular weight excluding hydrogens is 712 g/mol. The monoisotopic (exact) mass is 750 g/mol. The lowest BCUT2D eigenvalue weighted by Crippen LogP contribution is -2.63. The van der Waals surface area contributed by atoms with Crippen molar-refractivity contribution in [2.45, 2.75) is 77.8 Å². The van der Waals surface area contributed by atoms with Crippen molar-refractivity contribution in [1.82, 2.24) is 0 Å². The number of carbonyl (C=O) groups excluding carboxylic acids is 6. The first-order valence-corrected chi connectivity index (χ1v) is 17.0. The molecule has 0 amide bonds. The van der Waals surface area contributed by atoms with Crippen LogP contribution in [0.1, 0.15) is 75.1 Å². The molecule has 6 rings (SSSR count). The third kappa shape index (κ3) is 5.85. The Morgan fingerprint density at radius 3 is 1.30 bits per heavy atom. The number of aliphatic hydroxyl groups is 2. The van der Waals surface area contributed by atoms with E-state index >= 15 is 0 Å². The molecule has 16 heteroatoms. The SMILES string of the molecule is CC(=O)OC[C@]12Oc3c(-c4ccc(O)c5c4O[C@@]4(COC(C)=O)C(=C(O)C[C@@H](C)[C@H]4OC(C)=O)C5=O)ccc(O)c3C(=O)C1=C(O)C[C@@H](C)[C@H]2OC(C)=O. The molecule has 4 aliphatic rings. The summed E-state index contributed by atoms with van der Waals surface area (Å²) in [5, 5.41) is 44.7. The van der Waals surface area contributed by atoms with Crippen LogP contribution in [0.15, 0.2) is 46.9 Å². The van der Waals surface area contributed by atoms with Crippen LogP contribution in [0.25, 0.3) is 11.1 Å². The summed E-state index contributed by atoms with van der Waals surface area (Å²) in [6.45, 7) is 6.22. The van der Waals surface area contributed by atoms with E-state index in [4.69, 9.17) is 28.4 Å². The molecule has 0 saturated carbocycles. The highest BCUT2D eigenvalue weighted by molar-refractivity contribution is 6.18. The molecule has 2 aromatic carbocycles. The number of Topliss-reactive ketones (excluding diaryl/α,β-unsaturated/α-hetero) is 2. The molecule has 0 radical (unpaired) electrons. The average molecular weight is 751 g/mol. The smallest absolute Gasteiger partial charge is 0.303 e. The quantitative estimate of drug-likeness (QED) is 0.230. The molecule has 2 aromatic rings. The van der Waals surface area contributed by atoms with E-state index in [1.807, 2.05) is 0 Å². The van der Waals surface area contributed by atoms with Crippen molar-refractivity contribution < 1.29 is 77.6 Å². The van der Waals surface area contributed by atoms with Crippen molar-refractivity contribution in [3.8, 4) is 34.1 Å². The van der Waals surface area contributed by atoms with Gasteiger partial charge in [0.05, 0.1) is 11.1 Å². The van der Waals surface area contributed by atoms with Crippen molar-refractivity contribution in [2.24, 2.45) is 11.8 Å². The van der Waals surface area contributed by atoms with Crippen molar-refractivity contribution in [1.29, 1.82) is 0 Å². The molecule has 2 aliphatic carbocycles. The number of esters is 4. The number of aliphatic hydroxyl groups excluding tert-OH is 2. The minimum atomic E-state index is -2.16. The summed E-state index contributed by atoms with van der Waals surface area (Å²) < 4.78 is 35.2.